The number of fused-ring (bicyclic) bond motifs is 1. The zero-order valence-electron chi connectivity index (χ0n) is 16.7. The molecule has 0 aliphatic heterocycles. The van der Waals surface area contributed by atoms with Crippen molar-refractivity contribution in [2.24, 2.45) is 0 Å². The highest BCUT2D eigenvalue weighted by Crippen LogP contribution is 2.30. The number of benzene rings is 2. The maximum absolute atomic E-state index is 5.52. The number of hydrogen-bond donors (Lipinski definition) is 1. The fourth-order valence-electron chi connectivity index (χ4n) is 3.25. The van der Waals surface area contributed by atoms with Crippen molar-refractivity contribution < 1.29 is 9.47 Å². The van der Waals surface area contributed by atoms with Crippen molar-refractivity contribution in [2.45, 2.75) is 20.0 Å². The van der Waals surface area contributed by atoms with E-state index in [9.17, 15) is 0 Å². The molecule has 0 fully saturated rings. The minimum absolute atomic E-state index is 0.680. The highest BCUT2D eigenvalue weighted by Gasteiger charge is 2.12. The lowest BCUT2D eigenvalue weighted by Gasteiger charge is -2.18. The Balaban J connectivity index is 1.83. The molecular weight excluding hydrogens is 338 g/mol. The summed E-state index contributed by atoms with van der Waals surface area (Å²) in [5, 5.41) is 4.67. The van der Waals surface area contributed by atoms with Gasteiger partial charge in [0.05, 0.1) is 19.7 Å². The monoisotopic (exact) mass is 365 g/mol. The minimum atomic E-state index is 0.680. The van der Waals surface area contributed by atoms with E-state index in [2.05, 4.69) is 41.4 Å². The van der Waals surface area contributed by atoms with Crippen molar-refractivity contribution in [3.8, 4) is 11.5 Å². The second-order valence-corrected chi connectivity index (χ2v) is 6.82. The van der Waals surface area contributed by atoms with E-state index < -0.39 is 0 Å². The molecule has 3 rings (SSSR count). The number of nitrogens with one attached hydrogen (secondary N) is 1. The molecule has 0 amide bonds. The summed E-state index contributed by atoms with van der Waals surface area (Å²) in [6.07, 6.45) is 0. The number of ether oxygens (including phenoxy) is 2. The fraction of sp³-hybridized carbons (Fsp3) is 0.318. The minimum Gasteiger partial charge on any atom is -0.493 e. The maximum atomic E-state index is 5.52. The van der Waals surface area contributed by atoms with Crippen molar-refractivity contribution in [1.29, 1.82) is 0 Å². The van der Waals surface area contributed by atoms with E-state index in [1.807, 2.05) is 32.3 Å². The predicted octanol–water partition coefficient (Wildman–Crippen LogP) is 3.92. The SMILES string of the molecule is COc1cccc(CNCc2cc3ccc(C)cc3nc2N(C)C)c1OC. The van der Waals surface area contributed by atoms with Gasteiger partial charge in [-0.2, -0.15) is 0 Å². The van der Waals surface area contributed by atoms with E-state index in [-0.39, 0.29) is 0 Å². The first-order chi connectivity index (χ1) is 13.0. The number of rotatable bonds is 7. The van der Waals surface area contributed by atoms with Gasteiger partial charge in [-0.05, 0) is 30.7 Å². The first kappa shape index (κ1) is 19.0. The Morgan fingerprint density at radius 3 is 2.44 bits per heavy atom. The molecule has 0 unspecified atom stereocenters. The molecule has 0 radical (unpaired) electrons. The van der Waals surface area contributed by atoms with Crippen LogP contribution in [0.15, 0.2) is 42.5 Å². The van der Waals surface area contributed by atoms with Gasteiger partial charge in [-0.25, -0.2) is 4.98 Å². The second-order valence-electron chi connectivity index (χ2n) is 6.82. The number of methoxy groups -OCH3 is 2. The predicted molar refractivity (Wildman–Crippen MR) is 111 cm³/mol. The van der Waals surface area contributed by atoms with Gasteiger partial charge in [-0.1, -0.05) is 24.3 Å². The number of aromatic nitrogens is 1. The number of para-hydroxylation sites is 1. The molecule has 0 spiro atoms. The topological polar surface area (TPSA) is 46.6 Å². The summed E-state index contributed by atoms with van der Waals surface area (Å²) in [6.45, 7) is 3.48. The van der Waals surface area contributed by atoms with Crippen LogP contribution in [0.25, 0.3) is 10.9 Å². The van der Waals surface area contributed by atoms with E-state index in [1.165, 1.54) is 11.1 Å². The van der Waals surface area contributed by atoms with Gasteiger partial charge in [0.25, 0.3) is 0 Å². The van der Waals surface area contributed by atoms with Crippen LogP contribution in [-0.4, -0.2) is 33.3 Å². The van der Waals surface area contributed by atoms with Crippen LogP contribution in [0.3, 0.4) is 0 Å². The Bertz CT molecular complexity index is 938. The standard InChI is InChI=1S/C22H27N3O2/c1-15-9-10-16-12-18(22(25(2)3)24-19(16)11-15)14-23-13-17-7-6-8-20(26-4)21(17)27-5/h6-12,23H,13-14H2,1-5H3. The Morgan fingerprint density at radius 2 is 1.74 bits per heavy atom. The van der Waals surface area contributed by atoms with Crippen molar-refractivity contribution in [1.82, 2.24) is 10.3 Å². The molecule has 0 aliphatic carbocycles. The average molecular weight is 365 g/mol. The molecule has 27 heavy (non-hydrogen) atoms. The summed E-state index contributed by atoms with van der Waals surface area (Å²) in [5.74, 6) is 2.50. The molecule has 5 heteroatoms. The van der Waals surface area contributed by atoms with E-state index >= 15 is 0 Å². The summed E-state index contributed by atoms with van der Waals surface area (Å²) in [7, 11) is 7.37. The Kier molecular flexibility index (Phi) is 5.81. The third-order valence-corrected chi connectivity index (χ3v) is 4.57. The van der Waals surface area contributed by atoms with Crippen molar-refractivity contribution in [3.63, 3.8) is 0 Å². The molecule has 1 aromatic heterocycles. The van der Waals surface area contributed by atoms with E-state index in [0.29, 0.717) is 13.1 Å². The third-order valence-electron chi connectivity index (χ3n) is 4.57. The van der Waals surface area contributed by atoms with Gasteiger partial charge >= 0.3 is 0 Å². The zero-order valence-corrected chi connectivity index (χ0v) is 16.7. The number of anilines is 1. The summed E-state index contributed by atoms with van der Waals surface area (Å²) < 4.78 is 10.9. The first-order valence-corrected chi connectivity index (χ1v) is 9.01. The Morgan fingerprint density at radius 1 is 0.963 bits per heavy atom. The molecule has 3 aromatic rings. The highest BCUT2D eigenvalue weighted by atomic mass is 16.5. The van der Waals surface area contributed by atoms with Crippen LogP contribution in [0.2, 0.25) is 0 Å². The van der Waals surface area contributed by atoms with Gasteiger partial charge in [0.1, 0.15) is 5.82 Å². The molecule has 0 saturated carbocycles. The zero-order chi connectivity index (χ0) is 19.4. The molecule has 0 aliphatic rings. The fourth-order valence-corrected chi connectivity index (χ4v) is 3.25. The van der Waals surface area contributed by atoms with Crippen molar-refractivity contribution in [3.05, 3.63) is 59.2 Å². The van der Waals surface area contributed by atoms with E-state index in [0.717, 1.165) is 33.8 Å². The van der Waals surface area contributed by atoms with Crippen LogP contribution < -0.4 is 19.7 Å². The van der Waals surface area contributed by atoms with Crippen LogP contribution in [0.1, 0.15) is 16.7 Å². The molecule has 1 heterocycles. The molecular formula is C22H27N3O2. The van der Waals surface area contributed by atoms with Crippen LogP contribution >= 0.6 is 0 Å². The summed E-state index contributed by atoms with van der Waals surface area (Å²) in [6, 6.07) is 14.5. The van der Waals surface area contributed by atoms with Crippen molar-refractivity contribution in [2.75, 3.05) is 33.2 Å². The van der Waals surface area contributed by atoms with Gasteiger partial charge in [0, 0.05) is 43.7 Å². The molecule has 0 saturated heterocycles. The van der Waals surface area contributed by atoms with Crippen LogP contribution in [0, 0.1) is 6.92 Å². The van der Waals surface area contributed by atoms with Crippen LogP contribution in [0.4, 0.5) is 5.82 Å². The molecule has 0 bridgehead atoms. The largest absolute Gasteiger partial charge is 0.493 e. The quantitative estimate of drug-likeness (QED) is 0.688. The second kappa shape index (κ2) is 8.27. The van der Waals surface area contributed by atoms with Gasteiger partial charge in [0.2, 0.25) is 0 Å². The Hall–Kier alpha value is -2.79. The van der Waals surface area contributed by atoms with E-state index in [4.69, 9.17) is 14.5 Å². The molecule has 1 N–H and O–H groups in total. The molecule has 5 nitrogen and oxygen atoms in total. The smallest absolute Gasteiger partial charge is 0.165 e. The van der Waals surface area contributed by atoms with E-state index in [1.54, 1.807) is 14.2 Å². The van der Waals surface area contributed by atoms with Crippen molar-refractivity contribution >= 4 is 16.7 Å². The normalized spacial score (nSPS) is 10.9. The maximum Gasteiger partial charge on any atom is 0.165 e. The number of aryl methyl sites for hydroxylation is 1. The average Bonchev–Trinajstić information content (AvgIpc) is 2.67. The summed E-state index contributed by atoms with van der Waals surface area (Å²) in [4.78, 5) is 6.92. The molecule has 0 atom stereocenters. The highest BCUT2D eigenvalue weighted by molar-refractivity contribution is 5.82. The van der Waals surface area contributed by atoms with Gasteiger partial charge in [-0.15, -0.1) is 0 Å². The lowest BCUT2D eigenvalue weighted by atomic mass is 10.1. The number of pyridine rings is 1. The van der Waals surface area contributed by atoms with Gasteiger partial charge in [0.15, 0.2) is 11.5 Å². The lowest BCUT2D eigenvalue weighted by molar-refractivity contribution is 0.350. The number of nitrogens with zero attached hydrogens (tertiary/aromatic N) is 2. The number of hydrogen-bond acceptors (Lipinski definition) is 5. The molecule has 142 valence electrons. The van der Waals surface area contributed by atoms with Crippen LogP contribution in [0.5, 0.6) is 11.5 Å². The summed E-state index contributed by atoms with van der Waals surface area (Å²) >= 11 is 0. The summed E-state index contributed by atoms with van der Waals surface area (Å²) in [5.41, 5.74) is 4.47. The van der Waals surface area contributed by atoms with Crippen LogP contribution in [-0.2, 0) is 13.1 Å². The van der Waals surface area contributed by atoms with Gasteiger partial charge in [-0.3, -0.25) is 0 Å². The Labute approximate surface area is 160 Å². The van der Waals surface area contributed by atoms with Gasteiger partial charge < -0.3 is 19.7 Å². The third kappa shape index (κ3) is 4.14. The molecule has 2 aromatic carbocycles. The lowest BCUT2D eigenvalue weighted by Crippen LogP contribution is -2.19. The first-order valence-electron chi connectivity index (χ1n) is 9.01.